The molecule has 1 aliphatic carbocycles. The summed E-state index contributed by atoms with van der Waals surface area (Å²) >= 11 is 0. The van der Waals surface area contributed by atoms with Gasteiger partial charge >= 0.3 is 0 Å². The average Bonchev–Trinajstić information content (AvgIpc) is 3.92. The molecule has 0 atom stereocenters. The van der Waals surface area contributed by atoms with Crippen LogP contribution < -0.4 is 9.47 Å². The Morgan fingerprint density at radius 1 is 0.614 bits per heavy atom. The van der Waals surface area contributed by atoms with E-state index in [0.717, 1.165) is 54.9 Å². The van der Waals surface area contributed by atoms with Gasteiger partial charge in [0, 0.05) is 5.92 Å². The Balaban J connectivity index is 1.61. The zero-order valence-corrected chi connectivity index (χ0v) is 26.4. The molecule has 0 amide bonds. The number of ether oxygens (including phenoxy) is 2. The second-order valence-electron chi connectivity index (χ2n) is 11.4. The molecule has 2 heteroatoms. The van der Waals surface area contributed by atoms with E-state index >= 15 is 0 Å². The van der Waals surface area contributed by atoms with Gasteiger partial charge in [-0.2, -0.15) is 0 Å². The van der Waals surface area contributed by atoms with Crippen LogP contribution in [-0.2, 0) is 0 Å². The molecule has 0 N–H and O–H groups in total. The van der Waals surface area contributed by atoms with Gasteiger partial charge in [0.1, 0.15) is 11.5 Å². The Bertz CT molecular complexity index is 1600. The molecule has 0 fully saturated rings. The van der Waals surface area contributed by atoms with Crippen molar-refractivity contribution in [2.24, 2.45) is 5.92 Å². The first kappa shape index (κ1) is 30.9. The Labute approximate surface area is 264 Å². The molecular formula is C42H44O2. The zero-order valence-electron chi connectivity index (χ0n) is 26.4. The highest BCUT2D eigenvalue weighted by Gasteiger charge is 2.18. The molecule has 5 rings (SSSR count). The Kier molecular flexibility index (Phi) is 10.7. The van der Waals surface area contributed by atoms with Crippen LogP contribution in [-0.4, -0.2) is 13.2 Å². The standard InChI is InChI=1S/C42H44O2/c1-5-7-12-30-44-40-27-23-38(24-28-40)42(37-21-25-39(26-22-37)43-29-8-6-2)41(35-13-10-9-11-14-35)36-19-17-34(18-20-36)32(4)31(3)33-15-16-33/h5,9-11,13-28,33H,1,6-8,12,29-30H2,2-4H3/b32-31+,42-41+. The predicted molar refractivity (Wildman–Crippen MR) is 187 cm³/mol. The summed E-state index contributed by atoms with van der Waals surface area (Å²) in [6.07, 6.45) is 10.5. The molecule has 2 nitrogen and oxygen atoms in total. The molecule has 4 aromatic carbocycles. The molecule has 0 aliphatic heterocycles. The summed E-state index contributed by atoms with van der Waals surface area (Å²) in [5.41, 5.74) is 11.0. The van der Waals surface area contributed by atoms with E-state index in [1.54, 1.807) is 0 Å². The highest BCUT2D eigenvalue weighted by atomic mass is 16.5. The van der Waals surface area contributed by atoms with Crippen LogP contribution in [0, 0.1) is 5.92 Å². The average molecular weight is 581 g/mol. The number of rotatable bonds is 15. The summed E-state index contributed by atoms with van der Waals surface area (Å²) in [4.78, 5) is 0. The molecule has 0 bridgehead atoms. The first-order valence-electron chi connectivity index (χ1n) is 15.9. The molecule has 0 heterocycles. The van der Waals surface area contributed by atoms with Crippen molar-refractivity contribution in [3.63, 3.8) is 0 Å². The maximum atomic E-state index is 6.03. The number of unbranched alkanes of at least 4 members (excludes halogenated alkanes) is 2. The summed E-state index contributed by atoms with van der Waals surface area (Å²) in [6, 6.07) is 36.9. The molecule has 0 spiro atoms. The highest BCUT2D eigenvalue weighted by molar-refractivity contribution is 6.04. The molecule has 0 unspecified atom stereocenters. The lowest BCUT2D eigenvalue weighted by Crippen LogP contribution is -2.00. The molecular weight excluding hydrogens is 536 g/mol. The van der Waals surface area contributed by atoms with Gasteiger partial charge in [-0.15, -0.1) is 6.58 Å². The van der Waals surface area contributed by atoms with Crippen molar-refractivity contribution in [3.8, 4) is 11.5 Å². The minimum Gasteiger partial charge on any atom is -0.494 e. The Morgan fingerprint density at radius 3 is 1.55 bits per heavy atom. The van der Waals surface area contributed by atoms with Crippen molar-refractivity contribution in [1.82, 2.24) is 0 Å². The zero-order chi connectivity index (χ0) is 30.7. The predicted octanol–water partition coefficient (Wildman–Crippen LogP) is 11.2. The van der Waals surface area contributed by atoms with Gasteiger partial charge in [-0.3, -0.25) is 0 Å². The monoisotopic (exact) mass is 580 g/mol. The quantitative estimate of drug-likeness (QED) is 0.0791. The number of hydrogen-bond donors (Lipinski definition) is 0. The molecule has 0 radical (unpaired) electrons. The van der Waals surface area contributed by atoms with Crippen LogP contribution in [0.4, 0.5) is 0 Å². The van der Waals surface area contributed by atoms with Gasteiger partial charge in [-0.25, -0.2) is 0 Å². The van der Waals surface area contributed by atoms with Crippen LogP contribution in [0.15, 0.2) is 134 Å². The van der Waals surface area contributed by atoms with Crippen LogP contribution in [0.3, 0.4) is 0 Å². The summed E-state index contributed by atoms with van der Waals surface area (Å²) in [6.45, 7) is 11.9. The molecule has 1 aliphatic rings. The van der Waals surface area contributed by atoms with Gasteiger partial charge in [-0.1, -0.05) is 116 Å². The lowest BCUT2D eigenvalue weighted by molar-refractivity contribution is 0.309. The van der Waals surface area contributed by atoms with E-state index in [-0.39, 0.29) is 0 Å². The number of benzene rings is 4. The van der Waals surface area contributed by atoms with E-state index in [9.17, 15) is 0 Å². The third-order valence-electron chi connectivity index (χ3n) is 8.27. The number of hydrogen-bond acceptors (Lipinski definition) is 2. The fraction of sp³-hybridized carbons (Fsp3) is 0.238. The Morgan fingerprint density at radius 2 is 1.07 bits per heavy atom. The minimum atomic E-state index is 0.518. The van der Waals surface area contributed by atoms with Gasteiger partial charge in [0.25, 0.3) is 0 Å². The van der Waals surface area contributed by atoms with Crippen LogP contribution >= 0.6 is 0 Å². The number of allylic oxidation sites excluding steroid dienone is 5. The van der Waals surface area contributed by atoms with Crippen molar-refractivity contribution in [2.45, 2.75) is 46.5 Å². The van der Waals surface area contributed by atoms with E-state index in [1.807, 2.05) is 6.08 Å². The topological polar surface area (TPSA) is 18.5 Å². The fourth-order valence-electron chi connectivity index (χ4n) is 5.41. The normalized spacial score (nSPS) is 13.6. The summed E-state index contributed by atoms with van der Waals surface area (Å²) < 4.78 is 12.0. The van der Waals surface area contributed by atoms with E-state index in [2.05, 4.69) is 143 Å². The van der Waals surface area contributed by atoms with Crippen molar-refractivity contribution in [3.05, 3.63) is 161 Å². The van der Waals surface area contributed by atoms with Crippen LogP contribution in [0.2, 0.25) is 0 Å². The maximum Gasteiger partial charge on any atom is 0.119 e. The summed E-state index contributed by atoms with van der Waals surface area (Å²) in [5.74, 6) is 2.30. The molecule has 0 saturated heterocycles. The SMILES string of the molecule is C=CCCCOc1ccc(/C(=C(\c2ccccc2)c2ccc(/C(C)=C(\C)C3C=C3)cc2)c2ccc(OCCCC)cc2)cc1. The summed E-state index contributed by atoms with van der Waals surface area (Å²) in [7, 11) is 0. The van der Waals surface area contributed by atoms with Gasteiger partial charge in [-0.05, 0) is 102 Å². The van der Waals surface area contributed by atoms with Crippen molar-refractivity contribution in [2.75, 3.05) is 13.2 Å². The highest BCUT2D eigenvalue weighted by Crippen LogP contribution is 2.39. The largest absolute Gasteiger partial charge is 0.494 e. The minimum absolute atomic E-state index is 0.518. The molecule has 44 heavy (non-hydrogen) atoms. The van der Waals surface area contributed by atoms with Gasteiger partial charge in [0.2, 0.25) is 0 Å². The lowest BCUT2D eigenvalue weighted by atomic mass is 9.85. The van der Waals surface area contributed by atoms with E-state index in [1.165, 1.54) is 39.0 Å². The van der Waals surface area contributed by atoms with Gasteiger partial charge < -0.3 is 9.47 Å². The first-order chi connectivity index (χ1) is 21.6. The second-order valence-corrected chi connectivity index (χ2v) is 11.4. The van der Waals surface area contributed by atoms with E-state index in [4.69, 9.17) is 9.47 Å². The maximum absolute atomic E-state index is 6.03. The van der Waals surface area contributed by atoms with Gasteiger partial charge in [0.05, 0.1) is 13.2 Å². The smallest absolute Gasteiger partial charge is 0.119 e. The van der Waals surface area contributed by atoms with Crippen LogP contribution in [0.25, 0.3) is 16.7 Å². The van der Waals surface area contributed by atoms with E-state index in [0.29, 0.717) is 12.5 Å². The van der Waals surface area contributed by atoms with Crippen LogP contribution in [0.1, 0.15) is 74.3 Å². The second kappa shape index (κ2) is 15.3. The third kappa shape index (κ3) is 7.88. The summed E-state index contributed by atoms with van der Waals surface area (Å²) in [5, 5.41) is 0. The third-order valence-corrected chi connectivity index (χ3v) is 8.27. The fourth-order valence-corrected chi connectivity index (χ4v) is 5.41. The van der Waals surface area contributed by atoms with E-state index < -0.39 is 0 Å². The molecule has 4 aromatic rings. The van der Waals surface area contributed by atoms with Gasteiger partial charge in [0.15, 0.2) is 0 Å². The molecule has 224 valence electrons. The van der Waals surface area contributed by atoms with Crippen molar-refractivity contribution in [1.29, 1.82) is 0 Å². The van der Waals surface area contributed by atoms with Crippen LogP contribution in [0.5, 0.6) is 11.5 Å². The molecule has 0 saturated carbocycles. The van der Waals surface area contributed by atoms with Crippen molar-refractivity contribution < 1.29 is 9.47 Å². The van der Waals surface area contributed by atoms with Crippen molar-refractivity contribution >= 4 is 16.7 Å². The molecule has 0 aromatic heterocycles. The Hall–Kier alpha value is -4.56. The first-order valence-corrected chi connectivity index (χ1v) is 15.9. The lowest BCUT2D eigenvalue weighted by Gasteiger charge is -2.19.